The van der Waals surface area contributed by atoms with Crippen LogP contribution in [0.4, 0.5) is 0 Å². The van der Waals surface area contributed by atoms with Crippen LogP contribution in [0.2, 0.25) is 5.28 Å². The zero-order valence-corrected chi connectivity index (χ0v) is 8.61. The number of ether oxygens (including phenoxy) is 2. The van der Waals surface area contributed by atoms with Crippen LogP contribution in [0.15, 0.2) is 0 Å². The molecular weight excluding hydrogens is 210 g/mol. The highest BCUT2D eigenvalue weighted by Crippen LogP contribution is 2.14. The lowest BCUT2D eigenvalue weighted by Crippen LogP contribution is -2.08. The van der Waals surface area contributed by atoms with Crippen LogP contribution in [-0.2, 0) is 16.1 Å². The molecule has 0 saturated carbocycles. The van der Waals surface area contributed by atoms with E-state index in [1.54, 1.807) is 0 Å². The van der Waals surface area contributed by atoms with Gasteiger partial charge in [-0.05, 0) is 11.6 Å². The van der Waals surface area contributed by atoms with Gasteiger partial charge in [-0.1, -0.05) is 5.10 Å². The summed E-state index contributed by atoms with van der Waals surface area (Å²) >= 11 is 5.71. The Morgan fingerprint density at radius 3 is 2.79 bits per heavy atom. The Balaban J connectivity index is 2.65. The van der Waals surface area contributed by atoms with E-state index in [4.69, 9.17) is 16.3 Å². The normalized spacial score (nSPS) is 9.93. The number of esters is 1. The summed E-state index contributed by atoms with van der Waals surface area (Å²) in [7, 11) is 2.78. The minimum absolute atomic E-state index is 0.186. The quantitative estimate of drug-likeness (QED) is 0.690. The second kappa shape index (κ2) is 4.80. The van der Waals surface area contributed by atoms with Crippen LogP contribution in [0.3, 0.4) is 0 Å². The molecule has 0 atom stereocenters. The third-order valence-corrected chi connectivity index (χ3v) is 1.90. The number of carbonyl (C=O) groups is 1. The molecule has 0 unspecified atom stereocenters. The second-order valence-corrected chi connectivity index (χ2v) is 2.77. The highest BCUT2D eigenvalue weighted by Gasteiger charge is 2.11. The van der Waals surface area contributed by atoms with Crippen molar-refractivity contribution in [3.05, 3.63) is 5.28 Å². The summed E-state index contributed by atoms with van der Waals surface area (Å²) in [4.78, 5) is 10.9. The van der Waals surface area contributed by atoms with E-state index in [9.17, 15) is 4.79 Å². The van der Waals surface area contributed by atoms with Gasteiger partial charge in [0.05, 0.1) is 20.6 Å². The molecule has 0 amide bonds. The SMILES string of the molecule is COC(=O)CCn1c(Cl)nnc1OC. The van der Waals surface area contributed by atoms with Crippen molar-refractivity contribution in [1.29, 1.82) is 0 Å². The van der Waals surface area contributed by atoms with Crippen molar-refractivity contribution in [3.63, 3.8) is 0 Å². The first kappa shape index (κ1) is 10.8. The molecule has 0 aliphatic carbocycles. The smallest absolute Gasteiger partial charge is 0.317 e. The number of rotatable bonds is 4. The molecule has 1 rings (SSSR count). The van der Waals surface area contributed by atoms with Crippen LogP contribution in [0.25, 0.3) is 0 Å². The molecule has 0 fully saturated rings. The number of methoxy groups -OCH3 is 2. The predicted molar refractivity (Wildman–Crippen MR) is 48.2 cm³/mol. The summed E-state index contributed by atoms with van der Waals surface area (Å²) in [6.45, 7) is 0.335. The fourth-order valence-electron chi connectivity index (χ4n) is 0.915. The van der Waals surface area contributed by atoms with Crippen LogP contribution < -0.4 is 4.74 Å². The molecule has 14 heavy (non-hydrogen) atoms. The molecule has 0 aliphatic rings. The van der Waals surface area contributed by atoms with E-state index in [2.05, 4.69) is 14.9 Å². The van der Waals surface area contributed by atoms with Gasteiger partial charge >= 0.3 is 12.0 Å². The van der Waals surface area contributed by atoms with Gasteiger partial charge in [0.1, 0.15) is 0 Å². The van der Waals surface area contributed by atoms with Gasteiger partial charge in [0.2, 0.25) is 5.28 Å². The van der Waals surface area contributed by atoms with Crippen molar-refractivity contribution in [2.75, 3.05) is 14.2 Å². The molecule has 1 aromatic heterocycles. The number of carbonyl (C=O) groups excluding carboxylic acids is 1. The largest absolute Gasteiger partial charge is 0.469 e. The second-order valence-electron chi connectivity index (χ2n) is 2.43. The molecule has 0 N–H and O–H groups in total. The molecule has 78 valence electrons. The van der Waals surface area contributed by atoms with E-state index in [1.165, 1.54) is 18.8 Å². The average Bonchev–Trinajstić information content (AvgIpc) is 2.55. The van der Waals surface area contributed by atoms with Gasteiger partial charge in [-0.15, -0.1) is 5.10 Å². The summed E-state index contributed by atoms with van der Waals surface area (Å²) in [5, 5.41) is 7.42. The first-order chi connectivity index (χ1) is 6.69. The topological polar surface area (TPSA) is 66.2 Å². The monoisotopic (exact) mass is 219 g/mol. The predicted octanol–water partition coefficient (Wildman–Crippen LogP) is 0.503. The zero-order valence-electron chi connectivity index (χ0n) is 7.86. The minimum Gasteiger partial charge on any atom is -0.469 e. The van der Waals surface area contributed by atoms with Gasteiger partial charge in [-0.25, -0.2) is 0 Å². The van der Waals surface area contributed by atoms with E-state index in [0.29, 0.717) is 6.54 Å². The van der Waals surface area contributed by atoms with Crippen LogP contribution in [0.1, 0.15) is 6.42 Å². The highest BCUT2D eigenvalue weighted by atomic mass is 35.5. The zero-order chi connectivity index (χ0) is 10.6. The molecule has 0 radical (unpaired) electrons. The molecule has 6 nitrogen and oxygen atoms in total. The Morgan fingerprint density at radius 2 is 2.21 bits per heavy atom. The third-order valence-electron chi connectivity index (χ3n) is 1.62. The van der Waals surface area contributed by atoms with Crippen molar-refractivity contribution in [1.82, 2.24) is 14.8 Å². The first-order valence-corrected chi connectivity index (χ1v) is 4.26. The Bertz CT molecular complexity index is 326. The molecule has 0 aliphatic heterocycles. The van der Waals surface area contributed by atoms with Crippen LogP contribution >= 0.6 is 11.6 Å². The number of hydrogen-bond acceptors (Lipinski definition) is 5. The fourth-order valence-corrected chi connectivity index (χ4v) is 1.11. The summed E-state index contributed by atoms with van der Waals surface area (Å²) < 4.78 is 10.9. The van der Waals surface area contributed by atoms with E-state index in [0.717, 1.165) is 0 Å². The maximum atomic E-state index is 10.9. The van der Waals surface area contributed by atoms with Crippen LogP contribution in [0.5, 0.6) is 6.01 Å². The lowest BCUT2D eigenvalue weighted by Gasteiger charge is -2.04. The lowest BCUT2D eigenvalue weighted by atomic mass is 10.4. The van der Waals surface area contributed by atoms with Gasteiger partial charge in [-0.3, -0.25) is 9.36 Å². The van der Waals surface area contributed by atoms with Gasteiger partial charge in [0, 0.05) is 6.54 Å². The number of halogens is 1. The molecule has 1 aromatic rings. The van der Waals surface area contributed by atoms with Crippen molar-refractivity contribution < 1.29 is 14.3 Å². The Morgan fingerprint density at radius 1 is 1.50 bits per heavy atom. The van der Waals surface area contributed by atoms with Crippen LogP contribution in [0, 0.1) is 0 Å². The molecule has 0 aromatic carbocycles. The summed E-state index contributed by atoms with van der Waals surface area (Å²) in [6.07, 6.45) is 0.199. The molecule has 7 heteroatoms. The van der Waals surface area contributed by atoms with Crippen molar-refractivity contribution in [2.24, 2.45) is 0 Å². The Hall–Kier alpha value is -1.30. The molecule has 0 bridgehead atoms. The number of nitrogens with zero attached hydrogens (tertiary/aromatic N) is 3. The maximum Gasteiger partial charge on any atom is 0.317 e. The number of aromatic nitrogens is 3. The third kappa shape index (κ3) is 2.35. The molecule has 0 spiro atoms. The van der Waals surface area contributed by atoms with Gasteiger partial charge in [0.25, 0.3) is 0 Å². The number of hydrogen-bond donors (Lipinski definition) is 0. The molecular formula is C7H10ClN3O3. The maximum absolute atomic E-state index is 10.9. The van der Waals surface area contributed by atoms with Gasteiger partial charge in [-0.2, -0.15) is 0 Å². The van der Waals surface area contributed by atoms with Gasteiger partial charge < -0.3 is 9.47 Å². The van der Waals surface area contributed by atoms with Gasteiger partial charge in [0.15, 0.2) is 0 Å². The van der Waals surface area contributed by atoms with Crippen molar-refractivity contribution in [2.45, 2.75) is 13.0 Å². The van der Waals surface area contributed by atoms with E-state index in [1.807, 2.05) is 0 Å². The van der Waals surface area contributed by atoms with E-state index >= 15 is 0 Å². The van der Waals surface area contributed by atoms with Crippen LogP contribution in [-0.4, -0.2) is 35.0 Å². The minimum atomic E-state index is -0.322. The lowest BCUT2D eigenvalue weighted by molar-refractivity contribution is -0.140. The van der Waals surface area contributed by atoms with Crippen molar-refractivity contribution in [3.8, 4) is 6.01 Å². The first-order valence-electron chi connectivity index (χ1n) is 3.88. The Kier molecular flexibility index (Phi) is 3.70. The average molecular weight is 220 g/mol. The van der Waals surface area contributed by atoms with E-state index in [-0.39, 0.29) is 23.7 Å². The standard InChI is InChI=1S/C7H10ClN3O3/c1-13-5(12)3-4-11-6(8)9-10-7(11)14-2/h3-4H2,1-2H3. The Labute approximate surface area is 85.8 Å². The fraction of sp³-hybridized carbons (Fsp3) is 0.571. The van der Waals surface area contributed by atoms with E-state index < -0.39 is 0 Å². The van der Waals surface area contributed by atoms with Crippen molar-refractivity contribution >= 4 is 17.6 Å². The molecule has 0 saturated heterocycles. The summed E-state index contributed by atoms with van der Waals surface area (Å²) in [6, 6.07) is 0.277. The highest BCUT2D eigenvalue weighted by molar-refractivity contribution is 6.28. The summed E-state index contributed by atoms with van der Waals surface area (Å²) in [5.41, 5.74) is 0. The summed E-state index contributed by atoms with van der Waals surface area (Å²) in [5.74, 6) is -0.322. The molecule has 1 heterocycles.